The van der Waals surface area contributed by atoms with Crippen LogP contribution in [0.4, 0.5) is 31.2 Å². The number of benzene rings is 1. The lowest BCUT2D eigenvalue weighted by Crippen LogP contribution is -2.48. The first-order valence-electron chi connectivity index (χ1n) is 11.2. The van der Waals surface area contributed by atoms with E-state index < -0.39 is 31.5 Å². The predicted octanol–water partition coefficient (Wildman–Crippen LogP) is 5.30. The minimum absolute atomic E-state index is 0.0225. The number of aromatic nitrogens is 2. The number of rotatable bonds is 6. The number of fused-ring (bicyclic) bond motifs is 1. The molecule has 2 aliphatic heterocycles. The summed E-state index contributed by atoms with van der Waals surface area (Å²) in [6, 6.07) is 3.16. The van der Waals surface area contributed by atoms with Crippen molar-refractivity contribution in [2.75, 3.05) is 35.9 Å². The van der Waals surface area contributed by atoms with E-state index in [9.17, 15) is 28.7 Å². The van der Waals surface area contributed by atoms with Gasteiger partial charge in [-0.15, -0.1) is 0 Å². The Balaban J connectivity index is 1.32. The van der Waals surface area contributed by atoms with Crippen LogP contribution in [0.5, 0.6) is 5.88 Å². The topological polar surface area (TPSA) is 87.6 Å². The van der Waals surface area contributed by atoms with E-state index >= 15 is 0 Å². The maximum atomic E-state index is 13.0. The maximum Gasteiger partial charge on any atom is 0.310 e. The van der Waals surface area contributed by atoms with Crippen molar-refractivity contribution in [1.82, 2.24) is 9.97 Å². The molecule has 5 rings (SSSR count). The van der Waals surface area contributed by atoms with Crippen LogP contribution in [0, 0.1) is 0 Å². The number of aliphatic hydroxyl groups is 1. The van der Waals surface area contributed by atoms with Gasteiger partial charge in [-0.3, -0.25) is 4.21 Å². The van der Waals surface area contributed by atoms with Gasteiger partial charge in [0.2, 0.25) is 11.8 Å². The number of piperidine rings is 1. The van der Waals surface area contributed by atoms with Crippen LogP contribution < -0.4 is 15.0 Å². The molecule has 0 unspecified atom stereocenters. The summed E-state index contributed by atoms with van der Waals surface area (Å²) >= 11 is 0. The second-order valence-electron chi connectivity index (χ2n) is 9.33. The van der Waals surface area contributed by atoms with Gasteiger partial charge in [0.15, 0.2) is 11.8 Å². The van der Waals surface area contributed by atoms with Crippen molar-refractivity contribution in [3.05, 3.63) is 29.8 Å². The Hall–Kier alpha value is -2.19. The molecule has 3 heterocycles. The molecule has 3 aliphatic rings. The first kappa shape index (κ1) is 24.5. The fourth-order valence-corrected chi connectivity index (χ4v) is 6.30. The van der Waals surface area contributed by atoms with Crippen molar-refractivity contribution >= 4 is 32.8 Å². The van der Waals surface area contributed by atoms with E-state index in [1.54, 1.807) is 0 Å². The molecule has 0 bridgehead atoms. The SMILES string of the molecule is O=[S@]1COc2nc(N3CCC(c4ccc(S(F)(F)(F)(F)F)cc4)CC3)nc(NC3(CO)CCC3)c21. The second-order valence-corrected chi connectivity index (χ2v) is 13.1. The molecule has 1 aromatic carbocycles. The van der Waals surface area contributed by atoms with Crippen LogP contribution in [-0.4, -0.2) is 50.5 Å². The minimum Gasteiger partial charge on any atom is -0.463 e. The molecule has 2 aromatic rings. The van der Waals surface area contributed by atoms with Crippen LogP contribution in [0.1, 0.15) is 43.6 Å². The molecule has 0 radical (unpaired) electrons. The Morgan fingerprint density at radius 3 is 2.31 bits per heavy atom. The highest BCUT2D eigenvalue weighted by Crippen LogP contribution is 3.02. The summed E-state index contributed by atoms with van der Waals surface area (Å²) < 4.78 is 82.9. The molecule has 1 atom stereocenters. The number of hydrogen-bond acceptors (Lipinski definition) is 7. The fourth-order valence-electron chi connectivity index (χ4n) is 4.70. The summed E-state index contributed by atoms with van der Waals surface area (Å²) in [4.78, 5) is 9.43. The quantitative estimate of drug-likeness (QED) is 0.481. The highest BCUT2D eigenvalue weighted by molar-refractivity contribution is 8.45. The van der Waals surface area contributed by atoms with Gasteiger partial charge in [0.05, 0.1) is 12.1 Å². The summed E-state index contributed by atoms with van der Waals surface area (Å²) in [5.41, 5.74) is 0.0571. The van der Waals surface area contributed by atoms with Crippen molar-refractivity contribution in [3.8, 4) is 5.88 Å². The summed E-state index contributed by atoms with van der Waals surface area (Å²) in [5.74, 6) is 0.862. The number of hydrogen-bond donors (Lipinski definition) is 2. The van der Waals surface area contributed by atoms with E-state index in [2.05, 4.69) is 15.3 Å². The number of nitrogens with zero attached hydrogens (tertiary/aromatic N) is 3. The van der Waals surface area contributed by atoms with Gasteiger partial charge < -0.3 is 20.1 Å². The molecule has 35 heavy (non-hydrogen) atoms. The van der Waals surface area contributed by atoms with E-state index in [-0.39, 0.29) is 24.3 Å². The molecule has 1 aromatic heterocycles. The van der Waals surface area contributed by atoms with Crippen LogP contribution >= 0.6 is 10.2 Å². The van der Waals surface area contributed by atoms with Crippen molar-refractivity contribution in [1.29, 1.82) is 0 Å². The van der Waals surface area contributed by atoms with Gasteiger partial charge in [-0.25, -0.2) is 0 Å². The molecular formula is C21H25F5N4O3S2. The van der Waals surface area contributed by atoms with Crippen LogP contribution in [0.3, 0.4) is 0 Å². The molecule has 194 valence electrons. The average Bonchev–Trinajstić information content (AvgIpc) is 3.16. The number of ether oxygens (including phenoxy) is 1. The van der Waals surface area contributed by atoms with Gasteiger partial charge in [-0.1, -0.05) is 31.6 Å². The maximum absolute atomic E-state index is 13.0. The van der Waals surface area contributed by atoms with Crippen LogP contribution in [0.15, 0.2) is 34.1 Å². The first-order chi connectivity index (χ1) is 16.3. The number of aliphatic hydroxyl groups excluding tert-OH is 1. The molecule has 2 N–H and O–H groups in total. The molecule has 1 aliphatic carbocycles. The lowest BCUT2D eigenvalue weighted by atomic mass is 9.77. The lowest BCUT2D eigenvalue weighted by molar-refractivity contribution is 0.143. The van der Waals surface area contributed by atoms with E-state index in [0.29, 0.717) is 60.3 Å². The average molecular weight is 541 g/mol. The molecule has 0 spiro atoms. The Kier molecular flexibility index (Phi) is 5.36. The normalized spacial score (nSPS) is 24.1. The van der Waals surface area contributed by atoms with Crippen LogP contribution in [-0.2, 0) is 10.8 Å². The number of anilines is 2. The largest absolute Gasteiger partial charge is 0.463 e. The molecule has 7 nitrogen and oxygen atoms in total. The van der Waals surface area contributed by atoms with E-state index in [1.807, 2.05) is 4.90 Å². The van der Waals surface area contributed by atoms with Crippen LogP contribution in [0.25, 0.3) is 0 Å². The van der Waals surface area contributed by atoms with Gasteiger partial charge >= 0.3 is 10.2 Å². The van der Waals surface area contributed by atoms with Crippen molar-refractivity contribution in [2.24, 2.45) is 0 Å². The van der Waals surface area contributed by atoms with Gasteiger partial charge in [0.1, 0.15) is 20.6 Å². The Bertz CT molecular complexity index is 1160. The summed E-state index contributed by atoms with van der Waals surface area (Å²) in [5, 5.41) is 13.1. The molecule has 14 heteroatoms. The first-order valence-corrected chi connectivity index (χ1v) is 14.5. The summed E-state index contributed by atoms with van der Waals surface area (Å²) in [6.45, 7) is 0.891. The van der Waals surface area contributed by atoms with E-state index in [4.69, 9.17) is 4.74 Å². The smallest absolute Gasteiger partial charge is 0.310 e. The van der Waals surface area contributed by atoms with E-state index in [0.717, 1.165) is 31.4 Å². The third-order valence-electron chi connectivity index (χ3n) is 6.92. The third kappa shape index (κ3) is 4.79. The monoisotopic (exact) mass is 540 g/mol. The highest BCUT2D eigenvalue weighted by atomic mass is 32.5. The van der Waals surface area contributed by atoms with Gasteiger partial charge in [-0.05, 0) is 55.7 Å². The third-order valence-corrected chi connectivity index (χ3v) is 9.24. The van der Waals surface area contributed by atoms with Gasteiger partial charge in [0.25, 0.3) is 0 Å². The Morgan fingerprint density at radius 2 is 1.77 bits per heavy atom. The molecule has 1 saturated carbocycles. The Labute approximate surface area is 201 Å². The zero-order chi connectivity index (χ0) is 25.1. The zero-order valence-corrected chi connectivity index (χ0v) is 20.2. The molecular weight excluding hydrogens is 515 g/mol. The Morgan fingerprint density at radius 1 is 1.11 bits per heavy atom. The standard InChI is InChI=1S/C21H25F5N4O3S2/c22-35(23,24,25,26)16-4-2-14(3-5-16)15-6-10-30(11-7-15)20-27-18(29-21(12-31)8-1-9-21)17-19(28-20)33-13-34(17)32/h2-5,15,31H,1,6-13H2,(H,27,28,29)/t34-/m0/s1. The van der Waals surface area contributed by atoms with Crippen molar-refractivity contribution < 1.29 is 33.5 Å². The highest BCUT2D eigenvalue weighted by Gasteiger charge is 2.65. The fraction of sp³-hybridized carbons (Fsp3) is 0.524. The predicted molar refractivity (Wildman–Crippen MR) is 123 cm³/mol. The lowest BCUT2D eigenvalue weighted by Gasteiger charge is -2.41. The van der Waals surface area contributed by atoms with Gasteiger partial charge in [0, 0.05) is 13.1 Å². The minimum atomic E-state index is -9.69. The van der Waals surface area contributed by atoms with Crippen molar-refractivity contribution in [2.45, 2.75) is 53.4 Å². The summed E-state index contributed by atoms with van der Waals surface area (Å²) in [7, 11) is -11.1. The molecule has 0 amide bonds. The van der Waals surface area contributed by atoms with Crippen molar-refractivity contribution in [3.63, 3.8) is 0 Å². The van der Waals surface area contributed by atoms with E-state index in [1.165, 1.54) is 0 Å². The zero-order valence-electron chi connectivity index (χ0n) is 18.6. The number of halogens is 5. The summed E-state index contributed by atoms with van der Waals surface area (Å²) in [6.07, 6.45) is 3.61. The van der Waals surface area contributed by atoms with Crippen LogP contribution in [0.2, 0.25) is 0 Å². The number of nitrogens with one attached hydrogen (secondary N) is 1. The molecule has 2 fully saturated rings. The second kappa shape index (κ2) is 7.65. The van der Waals surface area contributed by atoms with Gasteiger partial charge in [-0.2, -0.15) is 9.97 Å². The molecule has 1 saturated heterocycles.